The highest BCUT2D eigenvalue weighted by atomic mass is 19.3. The molecule has 0 bridgehead atoms. The van der Waals surface area contributed by atoms with Gasteiger partial charge in [0.15, 0.2) is 5.65 Å². The SMILES string of the molecule is CCn1cc(C(C)NC(=O)Cn2nc(C)c3c(C(F)F)cc(C4CC4)nc32)c(C)n1. The largest absolute Gasteiger partial charge is 0.348 e. The summed E-state index contributed by atoms with van der Waals surface area (Å²) in [7, 11) is 0. The fourth-order valence-electron chi connectivity index (χ4n) is 3.90. The van der Waals surface area contributed by atoms with Crippen LogP contribution in [0, 0.1) is 13.8 Å². The van der Waals surface area contributed by atoms with Crippen molar-refractivity contribution in [3.05, 3.63) is 40.5 Å². The predicted molar refractivity (Wildman–Crippen MR) is 108 cm³/mol. The molecule has 1 N–H and O–H groups in total. The van der Waals surface area contributed by atoms with Crippen LogP contribution in [-0.2, 0) is 17.9 Å². The minimum Gasteiger partial charge on any atom is -0.348 e. The molecule has 1 saturated carbocycles. The molecule has 0 saturated heterocycles. The third-order valence-electron chi connectivity index (χ3n) is 5.60. The Bertz CT molecular complexity index is 1100. The predicted octanol–water partition coefficient (Wildman–Crippen LogP) is 3.96. The van der Waals surface area contributed by atoms with Crippen LogP contribution in [0.3, 0.4) is 0 Å². The number of carbonyl (C=O) groups is 1. The second-order valence-corrected chi connectivity index (χ2v) is 7.97. The summed E-state index contributed by atoms with van der Waals surface area (Å²) >= 11 is 0. The number of pyridine rings is 1. The number of carbonyl (C=O) groups excluding carboxylic acids is 1. The van der Waals surface area contributed by atoms with Gasteiger partial charge in [0.2, 0.25) is 5.91 Å². The van der Waals surface area contributed by atoms with E-state index in [-0.39, 0.29) is 30.0 Å². The molecule has 0 spiro atoms. The van der Waals surface area contributed by atoms with Gasteiger partial charge in [0, 0.05) is 35.5 Å². The number of nitrogens with zero attached hydrogens (tertiary/aromatic N) is 5. The first-order chi connectivity index (χ1) is 14.3. The smallest absolute Gasteiger partial charge is 0.264 e. The van der Waals surface area contributed by atoms with Crippen LogP contribution in [0.15, 0.2) is 12.3 Å². The van der Waals surface area contributed by atoms with Gasteiger partial charge in [-0.3, -0.25) is 9.48 Å². The Labute approximate surface area is 173 Å². The van der Waals surface area contributed by atoms with Crippen molar-refractivity contribution in [3.63, 3.8) is 0 Å². The zero-order chi connectivity index (χ0) is 21.6. The molecule has 3 aromatic rings. The second-order valence-electron chi connectivity index (χ2n) is 7.97. The van der Waals surface area contributed by atoms with Gasteiger partial charge < -0.3 is 5.32 Å². The second kappa shape index (κ2) is 7.77. The van der Waals surface area contributed by atoms with Crippen LogP contribution in [0.1, 0.15) is 73.3 Å². The van der Waals surface area contributed by atoms with Crippen LogP contribution in [0.4, 0.5) is 8.78 Å². The lowest BCUT2D eigenvalue weighted by Crippen LogP contribution is -2.30. The molecular formula is C21H26F2N6O. The highest BCUT2D eigenvalue weighted by Gasteiger charge is 2.29. The molecule has 0 radical (unpaired) electrons. The van der Waals surface area contributed by atoms with Gasteiger partial charge in [0.1, 0.15) is 6.54 Å². The number of rotatable bonds is 7. The van der Waals surface area contributed by atoms with Crippen LogP contribution in [0.2, 0.25) is 0 Å². The number of hydrogen-bond donors (Lipinski definition) is 1. The van der Waals surface area contributed by atoms with Crippen molar-refractivity contribution in [3.8, 4) is 0 Å². The summed E-state index contributed by atoms with van der Waals surface area (Å²) in [5.41, 5.74) is 3.22. The average molecular weight is 416 g/mol. The highest BCUT2D eigenvalue weighted by molar-refractivity contribution is 5.85. The number of amides is 1. The van der Waals surface area contributed by atoms with Gasteiger partial charge in [-0.05, 0) is 46.6 Å². The molecule has 1 aliphatic rings. The maximum absolute atomic E-state index is 13.7. The lowest BCUT2D eigenvalue weighted by molar-refractivity contribution is -0.122. The van der Waals surface area contributed by atoms with E-state index < -0.39 is 6.43 Å². The van der Waals surface area contributed by atoms with Gasteiger partial charge >= 0.3 is 0 Å². The average Bonchev–Trinajstić information content (AvgIpc) is 3.41. The van der Waals surface area contributed by atoms with Crippen molar-refractivity contribution in [2.75, 3.05) is 0 Å². The summed E-state index contributed by atoms with van der Waals surface area (Å²) in [6.07, 6.45) is 1.22. The maximum Gasteiger partial charge on any atom is 0.264 e. The normalized spacial score (nSPS) is 15.2. The van der Waals surface area contributed by atoms with Gasteiger partial charge in [-0.2, -0.15) is 10.2 Å². The lowest BCUT2D eigenvalue weighted by atomic mass is 10.1. The third-order valence-corrected chi connectivity index (χ3v) is 5.60. The van der Waals surface area contributed by atoms with E-state index in [9.17, 15) is 13.6 Å². The fourth-order valence-corrected chi connectivity index (χ4v) is 3.90. The fraction of sp³-hybridized carbons (Fsp3) is 0.524. The molecule has 1 aliphatic carbocycles. The van der Waals surface area contributed by atoms with Crippen molar-refractivity contribution in [1.82, 2.24) is 29.9 Å². The van der Waals surface area contributed by atoms with E-state index in [0.29, 0.717) is 22.4 Å². The van der Waals surface area contributed by atoms with Gasteiger partial charge in [0.25, 0.3) is 6.43 Å². The zero-order valence-electron chi connectivity index (χ0n) is 17.6. The van der Waals surface area contributed by atoms with Crippen molar-refractivity contribution in [1.29, 1.82) is 0 Å². The third kappa shape index (κ3) is 3.80. The molecule has 0 aromatic carbocycles. The highest BCUT2D eigenvalue weighted by Crippen LogP contribution is 2.41. The minimum absolute atomic E-state index is 0.0537. The van der Waals surface area contributed by atoms with Crippen molar-refractivity contribution in [2.24, 2.45) is 0 Å². The Hall–Kier alpha value is -2.84. The van der Waals surface area contributed by atoms with Crippen molar-refractivity contribution < 1.29 is 13.6 Å². The Balaban J connectivity index is 1.60. The summed E-state index contributed by atoms with van der Waals surface area (Å²) in [5.74, 6) is -0.0322. The topological polar surface area (TPSA) is 77.6 Å². The van der Waals surface area contributed by atoms with Crippen LogP contribution in [0.5, 0.6) is 0 Å². The Morgan fingerprint density at radius 2 is 1.97 bits per heavy atom. The number of nitrogens with one attached hydrogen (secondary N) is 1. The number of halogens is 2. The Morgan fingerprint density at radius 1 is 1.23 bits per heavy atom. The lowest BCUT2D eigenvalue weighted by Gasteiger charge is -2.13. The number of fused-ring (bicyclic) bond motifs is 1. The summed E-state index contributed by atoms with van der Waals surface area (Å²) in [6.45, 7) is 8.14. The quantitative estimate of drug-likeness (QED) is 0.633. The van der Waals surface area contributed by atoms with Gasteiger partial charge in [-0.1, -0.05) is 0 Å². The molecule has 9 heteroatoms. The van der Waals surface area contributed by atoms with E-state index in [2.05, 4.69) is 20.5 Å². The maximum atomic E-state index is 13.7. The molecule has 30 heavy (non-hydrogen) atoms. The first-order valence-corrected chi connectivity index (χ1v) is 10.3. The number of alkyl halides is 2. The number of aromatic nitrogens is 5. The minimum atomic E-state index is -2.61. The van der Waals surface area contributed by atoms with Crippen molar-refractivity contribution >= 4 is 16.9 Å². The molecule has 1 amide bonds. The number of aryl methyl sites for hydroxylation is 3. The molecular weight excluding hydrogens is 390 g/mol. The molecule has 3 heterocycles. The molecule has 0 aliphatic heterocycles. The Morgan fingerprint density at radius 3 is 2.57 bits per heavy atom. The monoisotopic (exact) mass is 416 g/mol. The first-order valence-electron chi connectivity index (χ1n) is 10.3. The van der Waals surface area contributed by atoms with E-state index in [0.717, 1.165) is 30.6 Å². The van der Waals surface area contributed by atoms with E-state index in [1.54, 1.807) is 6.92 Å². The van der Waals surface area contributed by atoms with E-state index in [4.69, 9.17) is 0 Å². The summed E-state index contributed by atoms with van der Waals surface area (Å²) in [5, 5.41) is 12.1. The summed E-state index contributed by atoms with van der Waals surface area (Å²) < 4.78 is 30.6. The molecule has 1 fully saturated rings. The molecule has 3 aromatic heterocycles. The van der Waals surface area contributed by atoms with Crippen molar-refractivity contribution in [2.45, 2.75) is 72.0 Å². The number of hydrogen-bond acceptors (Lipinski definition) is 4. The zero-order valence-corrected chi connectivity index (χ0v) is 17.6. The summed E-state index contributed by atoms with van der Waals surface area (Å²) in [6, 6.07) is 1.27. The molecule has 1 atom stereocenters. The van der Waals surface area contributed by atoms with E-state index >= 15 is 0 Å². The molecule has 4 rings (SSSR count). The van der Waals surface area contributed by atoms with E-state index in [1.165, 1.54) is 10.7 Å². The van der Waals surface area contributed by atoms with Crippen LogP contribution in [-0.4, -0.2) is 30.5 Å². The van der Waals surface area contributed by atoms with Crippen LogP contribution < -0.4 is 5.32 Å². The molecule has 1 unspecified atom stereocenters. The van der Waals surface area contributed by atoms with Crippen LogP contribution in [0.25, 0.3) is 11.0 Å². The molecule has 160 valence electrons. The Kier molecular flexibility index (Phi) is 5.29. The van der Waals surface area contributed by atoms with Gasteiger partial charge in [-0.25, -0.2) is 18.4 Å². The first kappa shape index (κ1) is 20.4. The van der Waals surface area contributed by atoms with Gasteiger partial charge in [0.05, 0.1) is 22.8 Å². The standard InChI is InChI=1S/C21H26F2N6O/c1-5-28-9-16(12(3)26-28)11(2)24-18(30)10-29-21-19(13(4)27-29)15(20(22)23)8-17(25-21)14-6-7-14/h8-9,11,14,20H,5-7,10H2,1-4H3,(H,24,30). The molecule has 7 nitrogen and oxygen atoms in total. The van der Waals surface area contributed by atoms with Crippen LogP contribution >= 0.6 is 0 Å². The van der Waals surface area contributed by atoms with Gasteiger partial charge in [-0.15, -0.1) is 0 Å². The summed E-state index contributed by atoms with van der Waals surface area (Å²) in [4.78, 5) is 17.3. The van der Waals surface area contributed by atoms with E-state index in [1.807, 2.05) is 31.6 Å².